The molecule has 2 rings (SSSR count). The van der Waals surface area contributed by atoms with Gasteiger partial charge in [0.1, 0.15) is 5.82 Å². The summed E-state index contributed by atoms with van der Waals surface area (Å²) in [5.74, 6) is 1.14. The minimum absolute atomic E-state index is 0.0461. The molecule has 2 aromatic heterocycles. The van der Waals surface area contributed by atoms with Crippen LogP contribution in [0.2, 0.25) is 0 Å². The van der Waals surface area contributed by atoms with Crippen molar-refractivity contribution < 1.29 is 4.79 Å². The summed E-state index contributed by atoms with van der Waals surface area (Å²) in [5, 5.41) is 13.4. The van der Waals surface area contributed by atoms with Crippen molar-refractivity contribution in [1.82, 2.24) is 25.5 Å². The van der Waals surface area contributed by atoms with E-state index in [1.165, 1.54) is 0 Å². The van der Waals surface area contributed by atoms with Crippen LogP contribution >= 0.6 is 0 Å². The van der Waals surface area contributed by atoms with Crippen LogP contribution in [-0.2, 0) is 4.79 Å². The third-order valence-electron chi connectivity index (χ3n) is 2.74. The second-order valence-electron chi connectivity index (χ2n) is 4.34. The molecule has 8 nitrogen and oxygen atoms in total. The van der Waals surface area contributed by atoms with Gasteiger partial charge in [0.15, 0.2) is 5.65 Å². The summed E-state index contributed by atoms with van der Waals surface area (Å²) in [6, 6.07) is 0. The van der Waals surface area contributed by atoms with Gasteiger partial charge in [-0.05, 0) is 13.8 Å². The number of anilines is 2. The molecule has 0 unspecified atom stereocenters. The molecule has 0 fully saturated rings. The Hall–Kier alpha value is -2.38. The molecule has 0 aliphatic carbocycles. The summed E-state index contributed by atoms with van der Waals surface area (Å²) in [7, 11) is 1.82. The fourth-order valence-electron chi connectivity index (χ4n) is 1.89. The van der Waals surface area contributed by atoms with Crippen molar-refractivity contribution in [3.05, 3.63) is 6.20 Å². The van der Waals surface area contributed by atoms with E-state index in [0.29, 0.717) is 24.0 Å². The fraction of sp³-hybridized carbons (Fsp3) is 0.500. The van der Waals surface area contributed by atoms with Crippen LogP contribution in [0.4, 0.5) is 11.8 Å². The smallest absolute Gasteiger partial charge is 0.239 e. The van der Waals surface area contributed by atoms with Crippen LogP contribution in [0, 0.1) is 0 Å². The first-order valence-corrected chi connectivity index (χ1v) is 6.58. The monoisotopic (exact) mass is 277 g/mol. The van der Waals surface area contributed by atoms with Crippen molar-refractivity contribution in [3.63, 3.8) is 0 Å². The highest BCUT2D eigenvalue weighted by molar-refractivity contribution is 5.90. The molecule has 8 heteroatoms. The van der Waals surface area contributed by atoms with Crippen LogP contribution in [0.3, 0.4) is 0 Å². The van der Waals surface area contributed by atoms with Gasteiger partial charge in [-0.15, -0.1) is 0 Å². The number of hydrogen-bond donors (Lipinski definition) is 3. The highest BCUT2D eigenvalue weighted by Crippen LogP contribution is 2.22. The normalized spacial score (nSPS) is 10.6. The van der Waals surface area contributed by atoms with Crippen molar-refractivity contribution in [1.29, 1.82) is 0 Å². The number of aromatic nitrogens is 4. The van der Waals surface area contributed by atoms with Gasteiger partial charge in [0.05, 0.1) is 18.1 Å². The molecule has 0 spiro atoms. The largest absolute Gasteiger partial charge is 0.355 e. The molecule has 0 aliphatic heterocycles. The lowest BCUT2D eigenvalue weighted by Gasteiger charge is -2.18. The Morgan fingerprint density at radius 1 is 1.35 bits per heavy atom. The van der Waals surface area contributed by atoms with Crippen molar-refractivity contribution in [3.8, 4) is 0 Å². The van der Waals surface area contributed by atoms with Gasteiger partial charge in [-0.25, -0.2) is 0 Å². The van der Waals surface area contributed by atoms with E-state index in [1.807, 2.05) is 20.9 Å². The van der Waals surface area contributed by atoms with Gasteiger partial charge in [-0.2, -0.15) is 15.1 Å². The zero-order valence-corrected chi connectivity index (χ0v) is 11.9. The number of fused-ring (bicyclic) bond motifs is 1. The first-order valence-electron chi connectivity index (χ1n) is 6.58. The number of hydrogen-bond acceptors (Lipinski definition) is 6. The number of nitrogens with one attached hydrogen (secondary N) is 3. The predicted octanol–water partition coefficient (Wildman–Crippen LogP) is 0.357. The topological polar surface area (TPSA) is 98.8 Å². The molecule has 0 aliphatic rings. The van der Waals surface area contributed by atoms with Gasteiger partial charge >= 0.3 is 0 Å². The lowest BCUT2D eigenvalue weighted by molar-refractivity contribution is -0.119. The highest BCUT2D eigenvalue weighted by Gasteiger charge is 2.15. The van der Waals surface area contributed by atoms with Crippen molar-refractivity contribution in [2.24, 2.45) is 0 Å². The van der Waals surface area contributed by atoms with E-state index in [0.717, 1.165) is 11.9 Å². The molecule has 1 amide bonds. The van der Waals surface area contributed by atoms with E-state index in [-0.39, 0.29) is 12.5 Å². The number of aromatic amines is 1. The number of carbonyl (C=O) groups is 1. The minimum Gasteiger partial charge on any atom is -0.355 e. The SMILES string of the molecule is CCNC(=O)CN(C)c1nc(NCC)nc2[nH]ncc12. The number of H-pyrrole nitrogens is 1. The predicted molar refractivity (Wildman–Crippen MR) is 77.8 cm³/mol. The summed E-state index contributed by atoms with van der Waals surface area (Å²) in [5.41, 5.74) is 0.647. The minimum atomic E-state index is -0.0461. The summed E-state index contributed by atoms with van der Waals surface area (Å²) < 4.78 is 0. The molecule has 0 bridgehead atoms. The Bertz CT molecular complexity index is 595. The molecule has 3 N–H and O–H groups in total. The van der Waals surface area contributed by atoms with Crippen LogP contribution in [0.25, 0.3) is 11.0 Å². The van der Waals surface area contributed by atoms with Crippen molar-refractivity contribution >= 4 is 28.7 Å². The molecule has 0 aromatic carbocycles. The lowest BCUT2D eigenvalue weighted by atomic mass is 10.3. The summed E-state index contributed by atoms with van der Waals surface area (Å²) in [4.78, 5) is 22.2. The number of nitrogens with zero attached hydrogens (tertiary/aromatic N) is 4. The Kier molecular flexibility index (Phi) is 4.34. The van der Waals surface area contributed by atoms with E-state index in [9.17, 15) is 4.79 Å². The molecule has 2 aromatic rings. The van der Waals surface area contributed by atoms with Crippen LogP contribution < -0.4 is 15.5 Å². The van der Waals surface area contributed by atoms with Gasteiger partial charge < -0.3 is 15.5 Å². The zero-order chi connectivity index (χ0) is 14.5. The third kappa shape index (κ3) is 2.95. The van der Waals surface area contributed by atoms with Gasteiger partial charge in [0, 0.05) is 20.1 Å². The molecule has 2 heterocycles. The number of likely N-dealkylation sites (N-methyl/N-ethyl adjacent to an activating group) is 2. The molecule has 20 heavy (non-hydrogen) atoms. The quantitative estimate of drug-likeness (QED) is 0.705. The van der Waals surface area contributed by atoms with Crippen LogP contribution in [0.5, 0.6) is 0 Å². The molecule has 0 saturated heterocycles. The molecule has 0 saturated carbocycles. The highest BCUT2D eigenvalue weighted by atomic mass is 16.2. The molecule has 0 atom stereocenters. The molecular weight excluding hydrogens is 258 g/mol. The van der Waals surface area contributed by atoms with Gasteiger partial charge in [-0.1, -0.05) is 0 Å². The maximum atomic E-state index is 11.7. The van der Waals surface area contributed by atoms with Gasteiger partial charge in [-0.3, -0.25) is 9.89 Å². The van der Waals surface area contributed by atoms with Gasteiger partial charge in [0.2, 0.25) is 11.9 Å². The van der Waals surface area contributed by atoms with E-state index in [2.05, 4.69) is 30.8 Å². The average Bonchev–Trinajstić information content (AvgIpc) is 2.86. The summed E-state index contributed by atoms with van der Waals surface area (Å²) >= 11 is 0. The van der Waals surface area contributed by atoms with E-state index in [4.69, 9.17) is 0 Å². The maximum Gasteiger partial charge on any atom is 0.239 e. The van der Waals surface area contributed by atoms with Crippen molar-refractivity contribution in [2.75, 3.05) is 36.9 Å². The van der Waals surface area contributed by atoms with Crippen LogP contribution in [-0.4, -0.2) is 52.8 Å². The lowest BCUT2D eigenvalue weighted by Crippen LogP contribution is -2.35. The van der Waals surface area contributed by atoms with E-state index in [1.54, 1.807) is 11.1 Å². The average molecular weight is 277 g/mol. The molecule has 108 valence electrons. The molecule has 0 radical (unpaired) electrons. The summed E-state index contributed by atoms with van der Waals surface area (Å²) in [6.07, 6.45) is 1.66. The Labute approximate surface area is 117 Å². The zero-order valence-electron chi connectivity index (χ0n) is 11.9. The Morgan fingerprint density at radius 3 is 2.85 bits per heavy atom. The number of rotatable bonds is 6. The van der Waals surface area contributed by atoms with E-state index < -0.39 is 0 Å². The first-order chi connectivity index (χ1) is 9.65. The van der Waals surface area contributed by atoms with Crippen molar-refractivity contribution in [2.45, 2.75) is 13.8 Å². The second-order valence-corrected chi connectivity index (χ2v) is 4.34. The number of carbonyl (C=O) groups excluding carboxylic acids is 1. The number of amides is 1. The first kappa shape index (κ1) is 14.0. The van der Waals surface area contributed by atoms with Gasteiger partial charge in [0.25, 0.3) is 0 Å². The Balaban J connectivity index is 2.30. The standard InChI is InChI=1S/C12H19N7O/c1-4-13-9(20)7-19(3)11-8-6-15-18-10(8)16-12(17-11)14-5-2/h6H,4-5,7H2,1-3H3,(H,13,20)(H2,14,15,16,17,18). The Morgan fingerprint density at radius 2 is 2.15 bits per heavy atom. The fourth-order valence-corrected chi connectivity index (χ4v) is 1.89. The maximum absolute atomic E-state index is 11.7. The van der Waals surface area contributed by atoms with Crippen LogP contribution in [0.15, 0.2) is 6.20 Å². The van der Waals surface area contributed by atoms with E-state index >= 15 is 0 Å². The summed E-state index contributed by atoms with van der Waals surface area (Å²) in [6.45, 7) is 5.43. The second kappa shape index (κ2) is 6.18. The molecular formula is C12H19N7O. The third-order valence-corrected chi connectivity index (χ3v) is 2.74. The van der Waals surface area contributed by atoms with Crippen LogP contribution in [0.1, 0.15) is 13.8 Å².